The van der Waals surface area contributed by atoms with E-state index in [1.165, 1.54) is 17.0 Å². The third-order valence-electron chi connectivity index (χ3n) is 6.82. The van der Waals surface area contributed by atoms with Crippen molar-refractivity contribution in [2.24, 2.45) is 11.8 Å². The molecule has 1 heterocycles. The van der Waals surface area contributed by atoms with Gasteiger partial charge in [-0.2, -0.15) is 0 Å². The molecule has 2 unspecified atom stereocenters. The van der Waals surface area contributed by atoms with Crippen molar-refractivity contribution in [3.05, 3.63) is 101 Å². The predicted molar refractivity (Wildman–Crippen MR) is 113 cm³/mol. The van der Waals surface area contributed by atoms with E-state index in [4.69, 9.17) is 5.11 Å². The third-order valence-corrected chi connectivity index (χ3v) is 6.82. The van der Waals surface area contributed by atoms with Gasteiger partial charge in [0.1, 0.15) is 0 Å². The monoisotopic (exact) mass is 413 g/mol. The summed E-state index contributed by atoms with van der Waals surface area (Å²) in [5, 5.41) is 9.14. The molecule has 0 radical (unpaired) electrons. The van der Waals surface area contributed by atoms with E-state index in [1.54, 1.807) is 12.1 Å². The number of hydrogen-bond donors (Lipinski definition) is 1. The number of rotatable bonds is 2. The molecule has 1 aliphatic heterocycles. The van der Waals surface area contributed by atoms with Gasteiger partial charge >= 0.3 is 5.97 Å². The van der Waals surface area contributed by atoms with Gasteiger partial charge in [0.2, 0.25) is 11.8 Å². The van der Waals surface area contributed by atoms with Crippen molar-refractivity contribution in [3.8, 4) is 0 Å². The fourth-order valence-corrected chi connectivity index (χ4v) is 5.68. The number of aromatic carboxylic acids is 1. The molecule has 6 heteroatoms. The summed E-state index contributed by atoms with van der Waals surface area (Å²) in [7, 11) is 0. The Morgan fingerprint density at radius 1 is 0.677 bits per heavy atom. The Kier molecular flexibility index (Phi) is 4.10. The number of benzene rings is 3. The Morgan fingerprint density at radius 3 is 1.42 bits per heavy atom. The molecule has 3 aliphatic carbocycles. The van der Waals surface area contributed by atoms with Crippen LogP contribution in [0.25, 0.3) is 0 Å². The average molecular weight is 413 g/mol. The molecule has 3 aromatic carbocycles. The molecule has 1 fully saturated rings. The van der Waals surface area contributed by atoms with Gasteiger partial charge in [-0.05, 0) is 46.5 Å². The molecule has 2 bridgehead atoms. The van der Waals surface area contributed by atoms with Crippen LogP contribution >= 0.6 is 0 Å². The smallest absolute Gasteiger partial charge is 0.335 e. The molecular formula is C25H19NO5. The lowest BCUT2D eigenvalue weighted by Crippen LogP contribution is -2.41. The molecule has 7 rings (SSSR count). The number of nitrogens with zero attached hydrogens (tertiary/aromatic N) is 1. The number of anilines is 1. The topological polar surface area (TPSA) is 106 Å². The van der Waals surface area contributed by atoms with E-state index in [0.29, 0.717) is 5.69 Å². The quantitative estimate of drug-likeness (QED) is 0.652. The predicted octanol–water partition coefficient (Wildman–Crippen LogP) is 2.96. The van der Waals surface area contributed by atoms with E-state index >= 15 is 0 Å². The summed E-state index contributed by atoms with van der Waals surface area (Å²) in [5.74, 6) is -2.62. The number of hydrogen-bond acceptors (Lipinski definition) is 3. The fourth-order valence-electron chi connectivity index (χ4n) is 5.68. The first-order valence-corrected chi connectivity index (χ1v) is 9.96. The van der Waals surface area contributed by atoms with Gasteiger partial charge < -0.3 is 10.6 Å². The van der Waals surface area contributed by atoms with Crippen LogP contribution in [0.2, 0.25) is 0 Å². The molecule has 3 aromatic rings. The molecule has 0 aromatic heterocycles. The van der Waals surface area contributed by atoms with Crippen molar-refractivity contribution >= 4 is 23.5 Å². The van der Waals surface area contributed by atoms with Crippen molar-refractivity contribution in [3.63, 3.8) is 0 Å². The van der Waals surface area contributed by atoms with E-state index in [-0.39, 0.29) is 34.7 Å². The summed E-state index contributed by atoms with van der Waals surface area (Å²) in [6, 6.07) is 22.2. The van der Waals surface area contributed by atoms with Crippen molar-refractivity contribution in [1.82, 2.24) is 0 Å². The summed E-state index contributed by atoms with van der Waals surface area (Å²) in [6.07, 6.45) is 0. The van der Waals surface area contributed by atoms with E-state index in [9.17, 15) is 14.4 Å². The summed E-state index contributed by atoms with van der Waals surface area (Å²) in [6.45, 7) is 0. The largest absolute Gasteiger partial charge is 0.478 e. The minimum atomic E-state index is -1.04. The van der Waals surface area contributed by atoms with Crippen LogP contribution in [0, 0.1) is 11.8 Å². The van der Waals surface area contributed by atoms with Crippen LogP contribution in [-0.2, 0) is 9.59 Å². The normalized spacial score (nSPS) is 24.8. The molecule has 2 atom stereocenters. The van der Waals surface area contributed by atoms with Crippen molar-refractivity contribution in [2.75, 3.05) is 4.90 Å². The molecule has 154 valence electrons. The van der Waals surface area contributed by atoms with E-state index in [0.717, 1.165) is 22.3 Å². The molecule has 3 N–H and O–H groups in total. The van der Waals surface area contributed by atoms with Crippen LogP contribution < -0.4 is 4.90 Å². The summed E-state index contributed by atoms with van der Waals surface area (Å²) in [5.41, 5.74) is 5.07. The van der Waals surface area contributed by atoms with Gasteiger partial charge in [0.05, 0.1) is 23.1 Å². The Morgan fingerprint density at radius 2 is 1.06 bits per heavy atom. The Hall–Kier alpha value is -3.77. The minimum Gasteiger partial charge on any atom is -0.478 e. The molecular weight excluding hydrogens is 394 g/mol. The lowest BCUT2D eigenvalue weighted by atomic mass is 9.55. The number of imide groups is 1. The van der Waals surface area contributed by atoms with Gasteiger partial charge in [-0.3, -0.25) is 9.59 Å². The van der Waals surface area contributed by atoms with Gasteiger partial charge in [0.15, 0.2) is 0 Å². The minimum absolute atomic E-state index is 0. The average Bonchev–Trinajstić information content (AvgIpc) is 3.04. The van der Waals surface area contributed by atoms with Crippen LogP contribution in [0.4, 0.5) is 5.69 Å². The maximum atomic E-state index is 13.6. The van der Waals surface area contributed by atoms with E-state index in [1.807, 2.05) is 24.3 Å². The second-order valence-electron chi connectivity index (χ2n) is 8.13. The fraction of sp³-hybridized carbons (Fsp3) is 0.160. The van der Waals surface area contributed by atoms with Crippen LogP contribution in [0.15, 0.2) is 72.8 Å². The molecule has 0 saturated carbocycles. The van der Waals surface area contributed by atoms with Crippen LogP contribution in [-0.4, -0.2) is 28.4 Å². The molecule has 31 heavy (non-hydrogen) atoms. The molecule has 6 nitrogen and oxygen atoms in total. The van der Waals surface area contributed by atoms with Crippen LogP contribution in [0.3, 0.4) is 0 Å². The molecule has 0 spiro atoms. The van der Waals surface area contributed by atoms with Crippen LogP contribution in [0.1, 0.15) is 44.4 Å². The Bertz CT molecular complexity index is 1130. The zero-order chi connectivity index (χ0) is 20.6. The van der Waals surface area contributed by atoms with Gasteiger partial charge in [-0.15, -0.1) is 0 Å². The first kappa shape index (κ1) is 19.2. The van der Waals surface area contributed by atoms with E-state index in [2.05, 4.69) is 24.3 Å². The summed E-state index contributed by atoms with van der Waals surface area (Å²) >= 11 is 0. The maximum Gasteiger partial charge on any atom is 0.335 e. The zero-order valence-corrected chi connectivity index (χ0v) is 16.4. The highest BCUT2D eigenvalue weighted by Crippen LogP contribution is 2.61. The van der Waals surface area contributed by atoms with Crippen molar-refractivity contribution < 1.29 is 25.0 Å². The number of amides is 2. The molecule has 4 aliphatic rings. The Balaban J connectivity index is 0.00000204. The number of carboxylic acids is 1. The summed E-state index contributed by atoms with van der Waals surface area (Å²) < 4.78 is 0. The van der Waals surface area contributed by atoms with Gasteiger partial charge in [-0.25, -0.2) is 9.69 Å². The van der Waals surface area contributed by atoms with Gasteiger partial charge in [0.25, 0.3) is 0 Å². The molecule has 1 saturated heterocycles. The standard InChI is InChI=1S/C25H17NO4.H2O/c27-23-21-19-15-5-1-2-6-16(15)20(18-8-4-3-7-17(18)19)22(21)24(28)26(23)14-11-9-13(10-12-14)25(29)30;/h1-12,19-22H,(H,29,30);1H2. The number of carboxylic acid groups (broad SMARTS) is 1. The lowest BCUT2D eigenvalue weighted by Gasteiger charge is -2.45. The van der Waals surface area contributed by atoms with Gasteiger partial charge in [-0.1, -0.05) is 48.5 Å². The second-order valence-corrected chi connectivity index (χ2v) is 8.13. The SMILES string of the molecule is O.O=C(O)c1ccc(N2C(=O)C3C4c5ccccc5C(c5ccccc54)C3C2=O)cc1. The number of carbonyl (C=O) groups excluding carboxylic acids is 2. The zero-order valence-electron chi connectivity index (χ0n) is 16.4. The van der Waals surface area contributed by atoms with Gasteiger partial charge in [0, 0.05) is 11.8 Å². The first-order chi connectivity index (χ1) is 14.6. The van der Waals surface area contributed by atoms with E-state index < -0.39 is 17.8 Å². The maximum absolute atomic E-state index is 13.6. The van der Waals surface area contributed by atoms with Crippen molar-refractivity contribution in [1.29, 1.82) is 0 Å². The first-order valence-electron chi connectivity index (χ1n) is 9.96. The van der Waals surface area contributed by atoms with Crippen LogP contribution in [0.5, 0.6) is 0 Å². The number of carbonyl (C=O) groups is 3. The second kappa shape index (κ2) is 6.62. The highest BCUT2D eigenvalue weighted by molar-refractivity contribution is 6.23. The lowest BCUT2D eigenvalue weighted by molar-refractivity contribution is -0.122. The Labute approximate surface area is 178 Å². The third kappa shape index (κ3) is 2.39. The molecule has 2 amide bonds. The summed E-state index contributed by atoms with van der Waals surface area (Å²) in [4.78, 5) is 39.6. The highest BCUT2D eigenvalue weighted by Gasteiger charge is 2.61. The highest BCUT2D eigenvalue weighted by atomic mass is 16.4. The van der Waals surface area contributed by atoms with Crippen molar-refractivity contribution in [2.45, 2.75) is 11.8 Å².